The predicted molar refractivity (Wildman–Crippen MR) is 72.3 cm³/mol. The molecule has 0 atom stereocenters. The zero-order valence-electron chi connectivity index (χ0n) is 11.2. The number of hydrogen-bond acceptors (Lipinski definition) is 1. The molecule has 0 radical (unpaired) electrons. The van der Waals surface area contributed by atoms with Crippen molar-refractivity contribution in [2.45, 2.75) is 40.5 Å². The third-order valence-electron chi connectivity index (χ3n) is 1.59. The van der Waals surface area contributed by atoms with Gasteiger partial charge in [-0.15, -0.1) is 19.7 Å². The van der Waals surface area contributed by atoms with Gasteiger partial charge in [-0.1, -0.05) is 33.8 Å². The first-order chi connectivity index (χ1) is 6.93. The maximum absolute atomic E-state index is 3.68. The van der Waals surface area contributed by atoms with E-state index < -0.39 is 0 Å². The molecular formula is C14H29N. The third-order valence-corrected chi connectivity index (χ3v) is 1.59. The van der Waals surface area contributed by atoms with Crippen LogP contribution in [0.4, 0.5) is 0 Å². The van der Waals surface area contributed by atoms with E-state index in [1.165, 1.54) is 25.9 Å². The first kappa shape index (κ1) is 16.9. The molecule has 1 saturated heterocycles. The molecule has 1 aliphatic heterocycles. The largest absolute Gasteiger partial charge is 0.300 e. The second-order valence-corrected chi connectivity index (χ2v) is 5.30. The zero-order chi connectivity index (χ0) is 12.3. The van der Waals surface area contributed by atoms with Crippen LogP contribution in [0.25, 0.3) is 0 Å². The van der Waals surface area contributed by atoms with Crippen LogP contribution in [0.2, 0.25) is 0 Å². The lowest BCUT2D eigenvalue weighted by Gasteiger charge is -2.09. The molecule has 90 valence electrons. The van der Waals surface area contributed by atoms with E-state index in [9.17, 15) is 0 Å². The molecule has 0 spiro atoms. The summed E-state index contributed by atoms with van der Waals surface area (Å²) in [4.78, 5) is 2.42. The van der Waals surface area contributed by atoms with Gasteiger partial charge in [-0.3, -0.25) is 4.90 Å². The highest BCUT2D eigenvalue weighted by Crippen LogP contribution is 2.08. The Morgan fingerprint density at radius 2 is 1.40 bits per heavy atom. The number of rotatable bonds is 2. The van der Waals surface area contributed by atoms with Crippen LogP contribution in [0.5, 0.6) is 0 Å². The van der Waals surface area contributed by atoms with E-state index in [1.54, 1.807) is 0 Å². The van der Waals surface area contributed by atoms with Crippen LogP contribution in [-0.2, 0) is 0 Å². The lowest BCUT2D eigenvalue weighted by molar-refractivity contribution is 0.377. The minimum Gasteiger partial charge on any atom is -0.300 e. The van der Waals surface area contributed by atoms with E-state index in [1.807, 2.05) is 6.08 Å². The lowest BCUT2D eigenvalue weighted by Crippen LogP contribution is -2.18. The Kier molecular flexibility index (Phi) is 11.2. The highest BCUT2D eigenvalue weighted by Gasteiger charge is 2.07. The van der Waals surface area contributed by atoms with E-state index in [-0.39, 0.29) is 0 Å². The van der Waals surface area contributed by atoms with Gasteiger partial charge in [0.25, 0.3) is 0 Å². The summed E-state index contributed by atoms with van der Waals surface area (Å²) in [6, 6.07) is 0. The van der Waals surface area contributed by atoms with Crippen LogP contribution in [0.1, 0.15) is 40.5 Å². The Balaban J connectivity index is 0. The summed E-state index contributed by atoms with van der Waals surface area (Å²) in [6.45, 7) is 22.1. The molecule has 0 amide bonds. The van der Waals surface area contributed by atoms with Gasteiger partial charge in [0, 0.05) is 6.54 Å². The minimum atomic E-state index is 0.500. The Morgan fingerprint density at radius 3 is 1.67 bits per heavy atom. The summed E-state index contributed by atoms with van der Waals surface area (Å²) in [6.07, 6.45) is 4.74. The van der Waals surface area contributed by atoms with Crippen molar-refractivity contribution in [3.63, 3.8) is 0 Å². The molecule has 1 nitrogen and oxygen atoms in total. The first-order valence-electron chi connectivity index (χ1n) is 5.77. The van der Waals surface area contributed by atoms with Gasteiger partial charge < -0.3 is 0 Å². The number of hydrogen-bond donors (Lipinski definition) is 0. The standard InChI is InChI=1S/C7H13N.C5H12.C2H4/c1-2-5-8-6-3-4-7-8;1-5(2,3)4;1-2/h2H,1,3-7H2;1-4H3;1-2H2. The fourth-order valence-corrected chi connectivity index (χ4v) is 1.15. The highest BCUT2D eigenvalue weighted by atomic mass is 15.1. The van der Waals surface area contributed by atoms with E-state index in [4.69, 9.17) is 0 Å². The maximum atomic E-state index is 3.68. The van der Waals surface area contributed by atoms with Crippen molar-refractivity contribution in [3.8, 4) is 0 Å². The normalized spacial score (nSPS) is 15.7. The molecular weight excluding hydrogens is 182 g/mol. The maximum Gasteiger partial charge on any atom is 0.0160 e. The van der Waals surface area contributed by atoms with Gasteiger partial charge in [-0.25, -0.2) is 0 Å². The molecule has 0 N–H and O–H groups in total. The van der Waals surface area contributed by atoms with Gasteiger partial charge in [0.05, 0.1) is 0 Å². The summed E-state index contributed by atoms with van der Waals surface area (Å²) in [5, 5.41) is 0. The van der Waals surface area contributed by atoms with Crippen molar-refractivity contribution in [1.82, 2.24) is 4.90 Å². The molecule has 0 saturated carbocycles. The molecule has 0 aromatic heterocycles. The Hall–Kier alpha value is -0.560. The number of likely N-dealkylation sites (tertiary alicyclic amines) is 1. The van der Waals surface area contributed by atoms with Gasteiger partial charge in [0.2, 0.25) is 0 Å². The van der Waals surface area contributed by atoms with Crippen molar-refractivity contribution in [2.75, 3.05) is 19.6 Å². The van der Waals surface area contributed by atoms with Gasteiger partial charge >= 0.3 is 0 Å². The summed E-state index contributed by atoms with van der Waals surface area (Å²) < 4.78 is 0. The summed E-state index contributed by atoms with van der Waals surface area (Å²) in [7, 11) is 0. The predicted octanol–water partition coefficient (Wildman–Crippen LogP) is 4.12. The smallest absolute Gasteiger partial charge is 0.0160 e. The van der Waals surface area contributed by atoms with E-state index >= 15 is 0 Å². The van der Waals surface area contributed by atoms with Crippen molar-refractivity contribution in [1.29, 1.82) is 0 Å². The summed E-state index contributed by atoms with van der Waals surface area (Å²) >= 11 is 0. The van der Waals surface area contributed by atoms with Gasteiger partial charge in [-0.2, -0.15) is 0 Å². The minimum absolute atomic E-state index is 0.500. The van der Waals surface area contributed by atoms with Gasteiger partial charge in [-0.05, 0) is 31.3 Å². The van der Waals surface area contributed by atoms with Crippen LogP contribution in [-0.4, -0.2) is 24.5 Å². The SMILES string of the molecule is C=C.C=CCN1CCCC1.CC(C)(C)C. The van der Waals surface area contributed by atoms with E-state index in [0.29, 0.717) is 5.41 Å². The summed E-state index contributed by atoms with van der Waals surface area (Å²) in [5.74, 6) is 0. The Morgan fingerprint density at radius 1 is 1.07 bits per heavy atom. The molecule has 0 aromatic rings. The molecule has 0 unspecified atom stereocenters. The van der Waals surface area contributed by atoms with Crippen molar-refractivity contribution >= 4 is 0 Å². The summed E-state index contributed by atoms with van der Waals surface area (Å²) in [5.41, 5.74) is 0.500. The molecule has 0 bridgehead atoms. The second kappa shape index (κ2) is 9.97. The second-order valence-electron chi connectivity index (χ2n) is 5.30. The molecule has 0 aliphatic carbocycles. The van der Waals surface area contributed by atoms with Gasteiger partial charge in [0.15, 0.2) is 0 Å². The van der Waals surface area contributed by atoms with Crippen LogP contribution >= 0.6 is 0 Å². The lowest BCUT2D eigenvalue weighted by atomic mass is 10.0. The fraction of sp³-hybridized carbons (Fsp3) is 0.714. The monoisotopic (exact) mass is 211 g/mol. The Bertz CT molecular complexity index is 132. The topological polar surface area (TPSA) is 3.24 Å². The highest BCUT2D eigenvalue weighted by molar-refractivity contribution is 4.76. The van der Waals surface area contributed by atoms with Gasteiger partial charge in [0.1, 0.15) is 0 Å². The van der Waals surface area contributed by atoms with Crippen LogP contribution in [0, 0.1) is 5.41 Å². The third kappa shape index (κ3) is 19.7. The average Bonchev–Trinajstić information content (AvgIpc) is 2.58. The van der Waals surface area contributed by atoms with Crippen molar-refractivity contribution in [2.24, 2.45) is 5.41 Å². The molecule has 1 fully saturated rings. The fourth-order valence-electron chi connectivity index (χ4n) is 1.15. The van der Waals surface area contributed by atoms with Crippen LogP contribution in [0.3, 0.4) is 0 Å². The van der Waals surface area contributed by atoms with Crippen LogP contribution < -0.4 is 0 Å². The molecule has 1 aliphatic rings. The van der Waals surface area contributed by atoms with Crippen molar-refractivity contribution < 1.29 is 0 Å². The van der Waals surface area contributed by atoms with Crippen LogP contribution in [0.15, 0.2) is 25.8 Å². The average molecular weight is 211 g/mol. The molecule has 15 heavy (non-hydrogen) atoms. The van der Waals surface area contributed by atoms with Crippen molar-refractivity contribution in [3.05, 3.63) is 25.8 Å². The van der Waals surface area contributed by atoms with E-state index in [0.717, 1.165) is 6.54 Å². The quantitative estimate of drug-likeness (QED) is 0.621. The van der Waals surface area contributed by atoms with E-state index in [2.05, 4.69) is 52.3 Å². The number of nitrogens with zero attached hydrogens (tertiary/aromatic N) is 1. The molecule has 1 rings (SSSR count). The molecule has 1 heteroatoms. The zero-order valence-corrected chi connectivity index (χ0v) is 11.2. The molecule has 0 aromatic carbocycles. The Labute approximate surface area is 96.9 Å². The first-order valence-corrected chi connectivity index (χ1v) is 5.77. The molecule has 1 heterocycles.